The molecular weight excluding hydrogens is 320 g/mol. The number of ketones is 2. The summed E-state index contributed by atoms with van der Waals surface area (Å²) in [6, 6.07) is 10.9. The molecule has 0 aromatic heterocycles. The summed E-state index contributed by atoms with van der Waals surface area (Å²) in [6.07, 6.45) is 5.46. The Morgan fingerprint density at radius 1 is 0.840 bits per heavy atom. The van der Waals surface area contributed by atoms with E-state index in [-0.39, 0.29) is 36.1 Å². The molecule has 0 saturated carbocycles. The van der Waals surface area contributed by atoms with E-state index in [0.717, 1.165) is 5.56 Å². The number of benzene rings is 2. The summed E-state index contributed by atoms with van der Waals surface area (Å²) in [6.45, 7) is -0.304. The molecule has 128 valence electrons. The number of aromatic hydroxyl groups is 2. The lowest BCUT2D eigenvalue weighted by atomic mass is 10.1. The molecule has 2 aromatic rings. The fourth-order valence-corrected chi connectivity index (χ4v) is 2.09. The maximum Gasteiger partial charge on any atom is 0.163 e. The van der Waals surface area contributed by atoms with Crippen LogP contribution >= 0.6 is 0 Å². The third kappa shape index (κ3) is 5.75. The molecule has 0 bridgehead atoms. The second kappa shape index (κ2) is 8.61. The minimum absolute atomic E-state index is 0.0134. The molecule has 0 spiro atoms. The first-order chi connectivity index (χ1) is 12.0. The van der Waals surface area contributed by atoms with Crippen LogP contribution in [0.15, 0.2) is 54.6 Å². The quantitative estimate of drug-likeness (QED) is 0.533. The van der Waals surface area contributed by atoms with E-state index >= 15 is 0 Å². The monoisotopic (exact) mass is 338 g/mol. The summed E-state index contributed by atoms with van der Waals surface area (Å²) >= 11 is 0. The maximum absolute atomic E-state index is 11.8. The van der Waals surface area contributed by atoms with Crippen LogP contribution in [0.1, 0.15) is 23.1 Å². The van der Waals surface area contributed by atoms with E-state index in [0.29, 0.717) is 11.1 Å². The molecule has 3 N–H and O–H groups in total. The third-order valence-corrected chi connectivity index (χ3v) is 3.44. The van der Waals surface area contributed by atoms with Crippen molar-refractivity contribution in [2.75, 3.05) is 0 Å². The molecule has 0 fully saturated rings. The van der Waals surface area contributed by atoms with Crippen LogP contribution in [0.4, 0.5) is 0 Å². The van der Waals surface area contributed by atoms with Gasteiger partial charge in [0.1, 0.15) is 11.5 Å². The number of carbonyl (C=O) groups excluding carboxylic acids is 2. The van der Waals surface area contributed by atoms with Crippen molar-refractivity contribution in [1.29, 1.82) is 0 Å². The number of aliphatic hydroxyl groups is 1. The second-order valence-corrected chi connectivity index (χ2v) is 5.41. The van der Waals surface area contributed by atoms with Gasteiger partial charge in [-0.15, -0.1) is 0 Å². The zero-order valence-corrected chi connectivity index (χ0v) is 13.4. The second-order valence-electron chi connectivity index (χ2n) is 5.41. The molecule has 0 radical (unpaired) electrons. The zero-order valence-electron chi connectivity index (χ0n) is 13.4. The van der Waals surface area contributed by atoms with Gasteiger partial charge >= 0.3 is 0 Å². The summed E-state index contributed by atoms with van der Waals surface area (Å²) in [7, 11) is 0. The van der Waals surface area contributed by atoms with Crippen molar-refractivity contribution in [2.45, 2.75) is 13.0 Å². The van der Waals surface area contributed by atoms with Crippen molar-refractivity contribution in [3.8, 4) is 11.5 Å². The van der Waals surface area contributed by atoms with Crippen LogP contribution < -0.4 is 0 Å². The number of allylic oxidation sites excluding steroid dienone is 2. The van der Waals surface area contributed by atoms with E-state index in [2.05, 4.69) is 0 Å². The largest absolute Gasteiger partial charge is 0.508 e. The van der Waals surface area contributed by atoms with Gasteiger partial charge in [0, 0.05) is 5.56 Å². The highest BCUT2D eigenvalue weighted by molar-refractivity contribution is 6.10. The van der Waals surface area contributed by atoms with E-state index in [9.17, 15) is 19.8 Å². The first kappa shape index (κ1) is 18.2. The van der Waals surface area contributed by atoms with Gasteiger partial charge in [0.05, 0.1) is 13.0 Å². The lowest BCUT2D eigenvalue weighted by Crippen LogP contribution is -2.01. The number of aliphatic hydroxyl groups excluding tert-OH is 1. The van der Waals surface area contributed by atoms with Gasteiger partial charge in [-0.05, 0) is 47.5 Å². The highest BCUT2D eigenvalue weighted by Crippen LogP contribution is 2.19. The maximum atomic E-state index is 11.8. The summed E-state index contributed by atoms with van der Waals surface area (Å²) in [4.78, 5) is 23.6. The summed E-state index contributed by atoms with van der Waals surface area (Å²) in [5, 5.41) is 27.8. The van der Waals surface area contributed by atoms with Gasteiger partial charge in [0.2, 0.25) is 0 Å². The van der Waals surface area contributed by atoms with Crippen LogP contribution in [0.2, 0.25) is 0 Å². The Morgan fingerprint density at radius 3 is 2.00 bits per heavy atom. The number of hydrogen-bond donors (Lipinski definition) is 3. The Morgan fingerprint density at radius 2 is 1.40 bits per heavy atom. The van der Waals surface area contributed by atoms with Crippen LogP contribution in [-0.2, 0) is 16.2 Å². The van der Waals surface area contributed by atoms with Crippen molar-refractivity contribution >= 4 is 23.7 Å². The van der Waals surface area contributed by atoms with E-state index in [1.54, 1.807) is 30.3 Å². The molecule has 0 aliphatic heterocycles. The van der Waals surface area contributed by atoms with Crippen molar-refractivity contribution < 1.29 is 24.9 Å². The number of phenols is 2. The molecule has 0 amide bonds. The average Bonchev–Trinajstić information content (AvgIpc) is 2.60. The van der Waals surface area contributed by atoms with E-state index < -0.39 is 0 Å². The van der Waals surface area contributed by atoms with Gasteiger partial charge in [-0.3, -0.25) is 9.59 Å². The molecule has 0 saturated heterocycles. The SMILES string of the molecule is O=C(/C=C/c1ccc(O)cc1)CC(=O)/C=C/c1ccc(O)c(CO)c1. The Hall–Kier alpha value is -3.18. The van der Waals surface area contributed by atoms with Crippen LogP contribution in [0.25, 0.3) is 12.2 Å². The summed E-state index contributed by atoms with van der Waals surface area (Å²) < 4.78 is 0. The van der Waals surface area contributed by atoms with Crippen molar-refractivity contribution in [1.82, 2.24) is 0 Å². The summed E-state index contributed by atoms with van der Waals surface area (Å²) in [5.74, 6) is -0.550. The Balaban J connectivity index is 1.92. The molecule has 5 nitrogen and oxygen atoms in total. The summed E-state index contributed by atoms with van der Waals surface area (Å²) in [5.41, 5.74) is 1.75. The first-order valence-corrected chi connectivity index (χ1v) is 7.61. The molecule has 5 heteroatoms. The minimum atomic E-state index is -0.348. The smallest absolute Gasteiger partial charge is 0.163 e. The fourth-order valence-electron chi connectivity index (χ4n) is 2.09. The molecular formula is C20H18O5. The van der Waals surface area contributed by atoms with Gasteiger partial charge in [-0.25, -0.2) is 0 Å². The highest BCUT2D eigenvalue weighted by Gasteiger charge is 2.04. The lowest BCUT2D eigenvalue weighted by Gasteiger charge is -2.01. The zero-order chi connectivity index (χ0) is 18.2. The van der Waals surface area contributed by atoms with Gasteiger partial charge in [0.25, 0.3) is 0 Å². The van der Waals surface area contributed by atoms with Crippen molar-refractivity contribution in [2.24, 2.45) is 0 Å². The number of carbonyl (C=O) groups is 2. The minimum Gasteiger partial charge on any atom is -0.508 e. The van der Waals surface area contributed by atoms with E-state index in [1.807, 2.05) is 0 Å². The average molecular weight is 338 g/mol. The van der Waals surface area contributed by atoms with Gasteiger partial charge in [-0.2, -0.15) is 0 Å². The Labute approximate surface area is 145 Å². The first-order valence-electron chi connectivity index (χ1n) is 7.61. The van der Waals surface area contributed by atoms with Crippen molar-refractivity contribution in [3.63, 3.8) is 0 Å². The van der Waals surface area contributed by atoms with Gasteiger partial charge in [-0.1, -0.05) is 30.4 Å². The predicted octanol–water partition coefficient (Wildman–Crippen LogP) is 2.85. The van der Waals surface area contributed by atoms with E-state index in [1.165, 1.54) is 36.4 Å². The molecule has 0 aliphatic rings. The molecule has 0 heterocycles. The molecule has 2 rings (SSSR count). The molecule has 2 aromatic carbocycles. The predicted molar refractivity (Wildman–Crippen MR) is 94.8 cm³/mol. The lowest BCUT2D eigenvalue weighted by molar-refractivity contribution is -0.121. The van der Waals surface area contributed by atoms with Gasteiger partial charge in [0.15, 0.2) is 11.6 Å². The number of rotatable bonds is 7. The third-order valence-electron chi connectivity index (χ3n) is 3.44. The van der Waals surface area contributed by atoms with Crippen LogP contribution in [0.3, 0.4) is 0 Å². The fraction of sp³-hybridized carbons (Fsp3) is 0.100. The van der Waals surface area contributed by atoms with E-state index in [4.69, 9.17) is 5.11 Å². The Bertz CT molecular complexity index is 816. The normalized spacial score (nSPS) is 11.2. The van der Waals surface area contributed by atoms with Gasteiger partial charge < -0.3 is 15.3 Å². The molecule has 0 atom stereocenters. The molecule has 0 unspecified atom stereocenters. The van der Waals surface area contributed by atoms with Crippen LogP contribution in [0, 0.1) is 0 Å². The Kier molecular flexibility index (Phi) is 6.26. The van der Waals surface area contributed by atoms with Crippen LogP contribution in [0.5, 0.6) is 11.5 Å². The highest BCUT2D eigenvalue weighted by atomic mass is 16.3. The number of phenolic OH excluding ortho intramolecular Hbond substituents is 1. The number of hydrogen-bond acceptors (Lipinski definition) is 5. The molecule has 0 aliphatic carbocycles. The topological polar surface area (TPSA) is 94.8 Å². The molecule has 25 heavy (non-hydrogen) atoms. The van der Waals surface area contributed by atoms with Crippen LogP contribution in [-0.4, -0.2) is 26.9 Å². The van der Waals surface area contributed by atoms with Crippen molar-refractivity contribution in [3.05, 3.63) is 71.3 Å². The standard InChI is InChI=1S/C20H18O5/c21-13-16-11-15(5-10-20(16)25)4-9-19(24)12-18(23)8-3-14-1-6-17(22)7-2-14/h1-11,21-22,25H,12-13H2/b8-3+,9-4+.